The number of aliphatic imine (C=N–C) groups is 2. The van der Waals surface area contributed by atoms with Crippen LogP contribution in [-0.4, -0.2) is 41.7 Å². The van der Waals surface area contributed by atoms with Crippen LogP contribution >= 0.6 is 0 Å². The van der Waals surface area contributed by atoms with E-state index in [-0.39, 0.29) is 29.0 Å². The first-order valence-corrected chi connectivity index (χ1v) is 8.30. The lowest BCUT2D eigenvalue weighted by Crippen LogP contribution is -2.29. The highest BCUT2D eigenvalue weighted by Crippen LogP contribution is 2.33. The predicted molar refractivity (Wildman–Crippen MR) is 101 cm³/mol. The summed E-state index contributed by atoms with van der Waals surface area (Å²) in [6.45, 7) is 0.398. The van der Waals surface area contributed by atoms with Crippen molar-refractivity contribution in [1.82, 2.24) is 15.3 Å². The van der Waals surface area contributed by atoms with Gasteiger partial charge in [0.05, 0.1) is 24.7 Å². The maximum absolute atomic E-state index is 13.5. The van der Waals surface area contributed by atoms with Gasteiger partial charge in [0.2, 0.25) is 5.96 Å². The fourth-order valence-corrected chi connectivity index (χ4v) is 2.56. The third-order valence-electron chi connectivity index (χ3n) is 3.85. The molecule has 2 aromatic carbocycles. The van der Waals surface area contributed by atoms with Gasteiger partial charge in [0.25, 0.3) is 11.8 Å². The third kappa shape index (κ3) is 3.50. The minimum absolute atomic E-state index is 0.0521. The molecular weight excluding hydrogens is 365 g/mol. The molecule has 28 heavy (non-hydrogen) atoms. The molecule has 1 aliphatic rings. The number of nitrogens with one attached hydrogen (secondary N) is 1. The molecule has 3 aromatic rings. The molecule has 0 aliphatic carbocycles. The molecule has 0 saturated heterocycles. The Morgan fingerprint density at radius 2 is 1.89 bits per heavy atom. The zero-order valence-electron chi connectivity index (χ0n) is 14.7. The van der Waals surface area contributed by atoms with E-state index in [1.807, 2.05) is 0 Å². The minimum atomic E-state index is -0.577. The van der Waals surface area contributed by atoms with Crippen molar-refractivity contribution >= 4 is 29.1 Å². The molecule has 140 valence electrons. The number of fused-ring (bicyclic) bond motifs is 1. The lowest BCUT2D eigenvalue weighted by Gasteiger charge is -2.13. The van der Waals surface area contributed by atoms with E-state index < -0.39 is 11.7 Å². The zero-order chi connectivity index (χ0) is 19.5. The zero-order valence-corrected chi connectivity index (χ0v) is 14.7. The number of para-hydroxylation sites is 2. The van der Waals surface area contributed by atoms with Gasteiger partial charge < -0.3 is 9.47 Å². The summed E-state index contributed by atoms with van der Waals surface area (Å²) >= 11 is 0. The summed E-state index contributed by atoms with van der Waals surface area (Å²) in [5.74, 6) is -0.574. The van der Waals surface area contributed by atoms with Crippen LogP contribution < -0.4 is 14.8 Å². The third-order valence-corrected chi connectivity index (χ3v) is 3.85. The van der Waals surface area contributed by atoms with Crippen LogP contribution in [-0.2, 0) is 0 Å². The van der Waals surface area contributed by atoms with Crippen LogP contribution in [0.1, 0.15) is 10.5 Å². The van der Waals surface area contributed by atoms with Crippen molar-refractivity contribution in [3.05, 3.63) is 54.0 Å². The lowest BCUT2D eigenvalue weighted by molar-refractivity contribution is 0.0969. The highest BCUT2D eigenvalue weighted by molar-refractivity contribution is 6.09. The molecule has 0 bridgehead atoms. The maximum atomic E-state index is 13.5. The van der Waals surface area contributed by atoms with E-state index in [4.69, 9.17) is 9.47 Å². The van der Waals surface area contributed by atoms with E-state index in [2.05, 4.69) is 25.3 Å². The Morgan fingerprint density at radius 1 is 1.11 bits per heavy atom. The highest BCUT2D eigenvalue weighted by atomic mass is 19.1. The Kier molecular flexibility index (Phi) is 4.63. The molecule has 0 atom stereocenters. The standard InChI is InChI=1S/C19H14FN5O3/c1-27-15-10-11(20)6-7-14(15)28-18-16(17(26)25-19-21-8-9-22-19)23-12-4-2-3-5-13(12)24-18/h2-8,10H,9H2,1H3,(H,22,25,26). The van der Waals surface area contributed by atoms with Crippen LogP contribution in [0.25, 0.3) is 11.0 Å². The molecule has 0 fully saturated rings. The maximum Gasteiger partial charge on any atom is 0.282 e. The van der Waals surface area contributed by atoms with Crippen LogP contribution in [0.15, 0.2) is 52.4 Å². The van der Waals surface area contributed by atoms with Crippen molar-refractivity contribution in [2.45, 2.75) is 0 Å². The molecule has 4 rings (SSSR count). The van der Waals surface area contributed by atoms with E-state index in [1.54, 1.807) is 30.5 Å². The number of guanidine groups is 1. The second-order valence-electron chi connectivity index (χ2n) is 5.69. The Bertz CT molecular complexity index is 1130. The number of methoxy groups -OCH3 is 1. The monoisotopic (exact) mass is 379 g/mol. The summed E-state index contributed by atoms with van der Waals surface area (Å²) < 4.78 is 24.4. The van der Waals surface area contributed by atoms with Crippen LogP contribution in [0, 0.1) is 5.82 Å². The SMILES string of the molecule is COc1cc(F)ccc1Oc1nc2ccccc2nc1C(=O)NC1=NCC=N1. The molecule has 1 amide bonds. The van der Waals surface area contributed by atoms with E-state index in [9.17, 15) is 9.18 Å². The van der Waals surface area contributed by atoms with Gasteiger partial charge in [-0.05, 0) is 24.3 Å². The Morgan fingerprint density at radius 3 is 2.61 bits per heavy atom. The number of carbonyl (C=O) groups is 1. The van der Waals surface area contributed by atoms with Gasteiger partial charge in [0.15, 0.2) is 17.2 Å². The summed E-state index contributed by atoms with van der Waals surface area (Å²) in [4.78, 5) is 29.5. The first kappa shape index (κ1) is 17.5. The molecule has 9 heteroatoms. The average molecular weight is 379 g/mol. The number of ether oxygens (including phenoxy) is 2. The second kappa shape index (κ2) is 7.39. The van der Waals surface area contributed by atoms with Gasteiger partial charge in [-0.3, -0.25) is 10.1 Å². The molecule has 2 heterocycles. The number of hydrogen-bond acceptors (Lipinski definition) is 7. The first-order valence-electron chi connectivity index (χ1n) is 8.30. The van der Waals surface area contributed by atoms with Gasteiger partial charge >= 0.3 is 0 Å². The Balaban J connectivity index is 1.77. The molecule has 0 spiro atoms. The van der Waals surface area contributed by atoms with Crippen LogP contribution in [0.4, 0.5) is 4.39 Å². The van der Waals surface area contributed by atoms with E-state index in [0.29, 0.717) is 17.6 Å². The van der Waals surface area contributed by atoms with Crippen molar-refractivity contribution in [3.8, 4) is 17.4 Å². The van der Waals surface area contributed by atoms with Gasteiger partial charge in [-0.25, -0.2) is 24.3 Å². The number of rotatable bonds is 4. The van der Waals surface area contributed by atoms with Crippen molar-refractivity contribution in [2.24, 2.45) is 9.98 Å². The summed E-state index contributed by atoms with van der Waals surface area (Å²) in [6.07, 6.45) is 1.57. The molecular formula is C19H14FN5O3. The fourth-order valence-electron chi connectivity index (χ4n) is 2.56. The van der Waals surface area contributed by atoms with Crippen LogP contribution in [0.3, 0.4) is 0 Å². The summed E-state index contributed by atoms with van der Waals surface area (Å²) in [7, 11) is 1.39. The molecule has 1 aliphatic heterocycles. The lowest BCUT2D eigenvalue weighted by atomic mass is 10.2. The first-order chi connectivity index (χ1) is 13.6. The normalized spacial score (nSPS) is 12.7. The molecule has 1 N–H and O–H groups in total. The van der Waals surface area contributed by atoms with E-state index >= 15 is 0 Å². The van der Waals surface area contributed by atoms with Crippen molar-refractivity contribution < 1.29 is 18.7 Å². The number of aromatic nitrogens is 2. The average Bonchev–Trinajstić information content (AvgIpc) is 3.21. The minimum Gasteiger partial charge on any atom is -0.493 e. The Hall–Kier alpha value is -3.88. The van der Waals surface area contributed by atoms with E-state index in [1.165, 1.54) is 25.3 Å². The smallest absolute Gasteiger partial charge is 0.282 e. The quantitative estimate of drug-likeness (QED) is 0.752. The van der Waals surface area contributed by atoms with Gasteiger partial charge in [-0.15, -0.1) is 0 Å². The number of halogens is 1. The predicted octanol–water partition coefficient (Wildman–Crippen LogP) is 2.74. The number of benzene rings is 2. The number of hydrogen-bond donors (Lipinski definition) is 1. The largest absolute Gasteiger partial charge is 0.493 e. The molecule has 0 saturated carbocycles. The Labute approximate surface area is 158 Å². The number of carbonyl (C=O) groups excluding carboxylic acids is 1. The van der Waals surface area contributed by atoms with Gasteiger partial charge in [0.1, 0.15) is 5.82 Å². The molecule has 1 aromatic heterocycles. The van der Waals surface area contributed by atoms with Gasteiger partial charge in [-0.2, -0.15) is 0 Å². The topological polar surface area (TPSA) is 98.1 Å². The van der Waals surface area contributed by atoms with Crippen LogP contribution in [0.5, 0.6) is 17.4 Å². The van der Waals surface area contributed by atoms with Gasteiger partial charge in [0, 0.05) is 12.3 Å². The van der Waals surface area contributed by atoms with E-state index in [0.717, 1.165) is 0 Å². The van der Waals surface area contributed by atoms with Crippen molar-refractivity contribution in [1.29, 1.82) is 0 Å². The molecule has 0 unspecified atom stereocenters. The molecule has 0 radical (unpaired) electrons. The fraction of sp³-hybridized carbons (Fsp3) is 0.105. The van der Waals surface area contributed by atoms with Crippen molar-refractivity contribution in [3.63, 3.8) is 0 Å². The number of amides is 1. The second-order valence-corrected chi connectivity index (χ2v) is 5.69. The summed E-state index contributed by atoms with van der Waals surface area (Å²) in [6, 6.07) is 10.8. The summed E-state index contributed by atoms with van der Waals surface area (Å²) in [5.41, 5.74) is 0.990. The van der Waals surface area contributed by atoms with Crippen LogP contribution in [0.2, 0.25) is 0 Å². The highest BCUT2D eigenvalue weighted by Gasteiger charge is 2.21. The van der Waals surface area contributed by atoms with Crippen molar-refractivity contribution in [2.75, 3.05) is 13.7 Å². The summed E-state index contributed by atoms with van der Waals surface area (Å²) in [5, 5.41) is 2.56. The number of nitrogens with zero attached hydrogens (tertiary/aromatic N) is 4. The van der Waals surface area contributed by atoms with Gasteiger partial charge in [-0.1, -0.05) is 12.1 Å². The molecule has 8 nitrogen and oxygen atoms in total.